The summed E-state index contributed by atoms with van der Waals surface area (Å²) >= 11 is 0. The SMILES string of the molecule is CNCCCc1ncc(C2CCC(C(F)(F)F)CC2)o1. The number of alkyl halides is 3. The first-order valence-corrected chi connectivity index (χ1v) is 7.16. The van der Waals surface area contributed by atoms with Crippen molar-refractivity contribution in [1.82, 2.24) is 10.3 Å². The van der Waals surface area contributed by atoms with Crippen LogP contribution in [0.2, 0.25) is 0 Å². The van der Waals surface area contributed by atoms with E-state index >= 15 is 0 Å². The number of aryl methyl sites for hydroxylation is 1. The Balaban J connectivity index is 1.84. The maximum atomic E-state index is 12.6. The van der Waals surface area contributed by atoms with Crippen LogP contribution >= 0.6 is 0 Å². The molecule has 0 unspecified atom stereocenters. The molecule has 0 aliphatic heterocycles. The van der Waals surface area contributed by atoms with Crippen molar-refractivity contribution >= 4 is 0 Å². The number of nitrogens with zero attached hydrogens (tertiary/aromatic N) is 1. The van der Waals surface area contributed by atoms with Crippen LogP contribution in [0.3, 0.4) is 0 Å². The van der Waals surface area contributed by atoms with E-state index in [4.69, 9.17) is 4.42 Å². The third-order valence-electron chi connectivity index (χ3n) is 3.98. The first-order valence-electron chi connectivity index (χ1n) is 7.16. The predicted octanol–water partition coefficient (Wildman–Crippen LogP) is 3.66. The summed E-state index contributed by atoms with van der Waals surface area (Å²) < 4.78 is 43.5. The summed E-state index contributed by atoms with van der Waals surface area (Å²) in [6.07, 6.45) is 0.812. The van der Waals surface area contributed by atoms with Gasteiger partial charge in [0.25, 0.3) is 0 Å². The van der Waals surface area contributed by atoms with Crippen molar-refractivity contribution in [3.63, 3.8) is 0 Å². The minimum absolute atomic E-state index is 0.0964. The van der Waals surface area contributed by atoms with Gasteiger partial charge < -0.3 is 9.73 Å². The van der Waals surface area contributed by atoms with Crippen LogP contribution in [0.4, 0.5) is 13.2 Å². The van der Waals surface area contributed by atoms with Gasteiger partial charge in [-0.25, -0.2) is 4.98 Å². The van der Waals surface area contributed by atoms with Gasteiger partial charge in [0.1, 0.15) is 5.76 Å². The van der Waals surface area contributed by atoms with Gasteiger partial charge >= 0.3 is 6.18 Å². The summed E-state index contributed by atoms with van der Waals surface area (Å²) in [4.78, 5) is 4.21. The lowest BCUT2D eigenvalue weighted by Crippen LogP contribution is -2.27. The Morgan fingerprint density at radius 2 is 2.00 bits per heavy atom. The average Bonchev–Trinajstić information content (AvgIpc) is 2.87. The van der Waals surface area contributed by atoms with Crippen LogP contribution in [0, 0.1) is 5.92 Å². The summed E-state index contributed by atoms with van der Waals surface area (Å²) in [6.45, 7) is 0.897. The maximum Gasteiger partial charge on any atom is 0.391 e. The fraction of sp³-hybridized carbons (Fsp3) is 0.786. The largest absolute Gasteiger partial charge is 0.445 e. The van der Waals surface area contributed by atoms with Gasteiger partial charge in [-0.3, -0.25) is 0 Å². The Morgan fingerprint density at radius 1 is 1.30 bits per heavy atom. The van der Waals surface area contributed by atoms with Crippen molar-refractivity contribution in [1.29, 1.82) is 0 Å². The van der Waals surface area contributed by atoms with Gasteiger partial charge in [-0.1, -0.05) is 0 Å². The summed E-state index contributed by atoms with van der Waals surface area (Å²) in [5.41, 5.74) is 0. The highest BCUT2D eigenvalue weighted by Gasteiger charge is 2.42. The van der Waals surface area contributed by atoms with E-state index in [2.05, 4.69) is 10.3 Å². The molecule has 0 saturated heterocycles. The Bertz CT molecular complexity index is 409. The molecule has 1 N–H and O–H groups in total. The molecule has 1 aromatic heterocycles. The number of halogens is 3. The van der Waals surface area contributed by atoms with Gasteiger partial charge in [0.15, 0.2) is 5.89 Å². The van der Waals surface area contributed by atoms with Crippen molar-refractivity contribution < 1.29 is 17.6 Å². The lowest BCUT2D eigenvalue weighted by Gasteiger charge is -2.28. The Labute approximate surface area is 117 Å². The monoisotopic (exact) mass is 290 g/mol. The number of nitrogens with one attached hydrogen (secondary N) is 1. The van der Waals surface area contributed by atoms with Crippen molar-refractivity contribution in [2.75, 3.05) is 13.6 Å². The van der Waals surface area contributed by atoms with Crippen LogP contribution < -0.4 is 5.32 Å². The fourth-order valence-corrected chi connectivity index (χ4v) is 2.75. The molecule has 1 heterocycles. The van der Waals surface area contributed by atoms with Gasteiger partial charge in [0.05, 0.1) is 12.1 Å². The molecule has 0 radical (unpaired) electrons. The molecule has 2 rings (SSSR count). The number of hydrogen-bond acceptors (Lipinski definition) is 3. The lowest BCUT2D eigenvalue weighted by molar-refractivity contribution is -0.182. The topological polar surface area (TPSA) is 38.1 Å². The molecule has 0 aromatic carbocycles. The van der Waals surface area contributed by atoms with Crippen molar-refractivity contribution in [2.45, 2.75) is 50.6 Å². The van der Waals surface area contributed by atoms with E-state index in [0.717, 1.165) is 25.1 Å². The second-order valence-electron chi connectivity index (χ2n) is 5.45. The van der Waals surface area contributed by atoms with Gasteiger partial charge in [-0.15, -0.1) is 0 Å². The van der Waals surface area contributed by atoms with Crippen molar-refractivity contribution in [2.24, 2.45) is 5.92 Å². The van der Waals surface area contributed by atoms with E-state index in [1.807, 2.05) is 7.05 Å². The third-order valence-corrected chi connectivity index (χ3v) is 3.98. The summed E-state index contributed by atoms with van der Waals surface area (Å²) in [7, 11) is 1.89. The first kappa shape index (κ1) is 15.4. The Kier molecular flexibility index (Phi) is 5.07. The minimum atomic E-state index is -4.05. The van der Waals surface area contributed by atoms with Gasteiger partial charge in [0.2, 0.25) is 0 Å². The fourth-order valence-electron chi connectivity index (χ4n) is 2.75. The van der Waals surface area contributed by atoms with Crippen molar-refractivity contribution in [3.05, 3.63) is 17.8 Å². The molecule has 1 aromatic rings. The average molecular weight is 290 g/mol. The maximum absolute atomic E-state index is 12.6. The zero-order chi connectivity index (χ0) is 14.6. The van der Waals surface area contributed by atoms with E-state index in [0.29, 0.717) is 18.7 Å². The van der Waals surface area contributed by atoms with E-state index in [-0.39, 0.29) is 18.8 Å². The van der Waals surface area contributed by atoms with Gasteiger partial charge in [-0.05, 0) is 45.7 Å². The van der Waals surface area contributed by atoms with Crippen LogP contribution in [0.1, 0.15) is 49.7 Å². The second kappa shape index (κ2) is 6.61. The highest BCUT2D eigenvalue weighted by atomic mass is 19.4. The van der Waals surface area contributed by atoms with Crippen LogP contribution in [-0.4, -0.2) is 24.8 Å². The quantitative estimate of drug-likeness (QED) is 0.841. The molecule has 1 saturated carbocycles. The summed E-state index contributed by atoms with van der Waals surface area (Å²) in [5.74, 6) is 0.397. The van der Waals surface area contributed by atoms with E-state index in [1.165, 1.54) is 0 Å². The number of oxazole rings is 1. The molecule has 114 valence electrons. The standard InChI is InChI=1S/C14H21F3N2O/c1-18-8-2-3-13-19-9-12(20-13)10-4-6-11(7-5-10)14(15,16)17/h9-11,18H,2-8H2,1H3. The zero-order valence-corrected chi connectivity index (χ0v) is 11.7. The van der Waals surface area contributed by atoms with Crippen molar-refractivity contribution in [3.8, 4) is 0 Å². The molecule has 0 bridgehead atoms. The highest BCUT2D eigenvalue weighted by molar-refractivity contribution is 5.04. The predicted molar refractivity (Wildman–Crippen MR) is 69.5 cm³/mol. The van der Waals surface area contributed by atoms with Crippen LogP contribution in [0.5, 0.6) is 0 Å². The molecule has 1 fully saturated rings. The van der Waals surface area contributed by atoms with Crippen LogP contribution in [0.15, 0.2) is 10.6 Å². The molecule has 0 amide bonds. The second-order valence-corrected chi connectivity index (χ2v) is 5.45. The Morgan fingerprint density at radius 3 is 2.60 bits per heavy atom. The molecular weight excluding hydrogens is 269 g/mol. The summed E-state index contributed by atoms with van der Waals surface area (Å²) in [6, 6.07) is 0. The van der Waals surface area contributed by atoms with Gasteiger partial charge in [-0.2, -0.15) is 13.2 Å². The van der Waals surface area contributed by atoms with E-state index < -0.39 is 12.1 Å². The number of hydrogen-bond donors (Lipinski definition) is 1. The highest BCUT2D eigenvalue weighted by Crippen LogP contribution is 2.42. The van der Waals surface area contributed by atoms with E-state index in [9.17, 15) is 13.2 Å². The molecule has 6 heteroatoms. The molecule has 3 nitrogen and oxygen atoms in total. The smallest absolute Gasteiger partial charge is 0.391 e. The zero-order valence-electron chi connectivity index (χ0n) is 11.7. The molecule has 1 aliphatic rings. The number of rotatable bonds is 5. The summed E-state index contributed by atoms with van der Waals surface area (Å²) in [5, 5.41) is 3.05. The first-order chi connectivity index (χ1) is 9.50. The normalized spacial score (nSPS) is 24.0. The number of aromatic nitrogens is 1. The molecule has 0 atom stereocenters. The molecular formula is C14H21F3N2O. The third kappa shape index (κ3) is 3.98. The molecule has 0 spiro atoms. The van der Waals surface area contributed by atoms with E-state index in [1.54, 1.807) is 6.20 Å². The van der Waals surface area contributed by atoms with Crippen LogP contribution in [-0.2, 0) is 6.42 Å². The van der Waals surface area contributed by atoms with Gasteiger partial charge in [0, 0.05) is 12.3 Å². The Hall–Kier alpha value is -1.04. The molecule has 20 heavy (non-hydrogen) atoms. The minimum Gasteiger partial charge on any atom is -0.445 e. The molecule has 1 aliphatic carbocycles. The van der Waals surface area contributed by atoms with Crippen LogP contribution in [0.25, 0.3) is 0 Å². The lowest BCUT2D eigenvalue weighted by atomic mass is 9.81.